The Bertz CT molecular complexity index is 991. The van der Waals surface area contributed by atoms with Crippen LogP contribution in [0, 0.1) is 0 Å². The van der Waals surface area contributed by atoms with Gasteiger partial charge in [0, 0.05) is 25.0 Å². The van der Waals surface area contributed by atoms with Gasteiger partial charge in [-0.1, -0.05) is 55.0 Å². The van der Waals surface area contributed by atoms with Gasteiger partial charge in [-0.15, -0.1) is 0 Å². The van der Waals surface area contributed by atoms with E-state index in [9.17, 15) is 0 Å². The zero-order chi connectivity index (χ0) is 22.0. The molecular formula is C26H32N4OS. The minimum Gasteiger partial charge on any atom is -0.379 e. The van der Waals surface area contributed by atoms with E-state index in [-0.39, 0.29) is 0 Å². The highest BCUT2D eigenvalue weighted by molar-refractivity contribution is 7.80. The Morgan fingerprint density at radius 2 is 1.78 bits per heavy atom. The number of ether oxygens (including phenoxy) is 1. The van der Waals surface area contributed by atoms with Crippen molar-refractivity contribution in [2.24, 2.45) is 0 Å². The fourth-order valence-corrected chi connectivity index (χ4v) is 4.28. The quantitative estimate of drug-likeness (QED) is 0.381. The Morgan fingerprint density at radius 1 is 1.00 bits per heavy atom. The minimum atomic E-state index is 0.712. The smallest absolute Gasteiger partial charge is 0.173 e. The SMILES string of the molecule is S=C(NCCCCCN1CCOCC1)N(Cc1ccccc1)c1cnc2ccccc2c1. The molecule has 0 unspecified atom stereocenters. The first kappa shape index (κ1) is 22.6. The third-order valence-corrected chi connectivity index (χ3v) is 6.21. The zero-order valence-corrected chi connectivity index (χ0v) is 19.4. The largest absolute Gasteiger partial charge is 0.379 e. The molecule has 1 fully saturated rings. The van der Waals surface area contributed by atoms with Crippen LogP contribution in [0.25, 0.3) is 10.9 Å². The first-order valence-corrected chi connectivity index (χ1v) is 11.9. The summed E-state index contributed by atoms with van der Waals surface area (Å²) in [6.45, 7) is 6.63. The summed E-state index contributed by atoms with van der Waals surface area (Å²) in [4.78, 5) is 9.30. The maximum absolute atomic E-state index is 5.82. The molecule has 0 amide bonds. The van der Waals surface area contributed by atoms with E-state index in [1.54, 1.807) is 0 Å². The fourth-order valence-electron chi connectivity index (χ4n) is 4.01. The second-order valence-electron chi connectivity index (χ2n) is 8.20. The number of pyridine rings is 1. The lowest BCUT2D eigenvalue weighted by atomic mass is 10.2. The van der Waals surface area contributed by atoms with Gasteiger partial charge in [0.05, 0.1) is 37.2 Å². The summed E-state index contributed by atoms with van der Waals surface area (Å²) in [6, 6.07) is 20.8. The maximum atomic E-state index is 5.82. The van der Waals surface area contributed by atoms with Crippen LogP contribution < -0.4 is 10.2 Å². The number of hydrogen-bond donors (Lipinski definition) is 1. The molecule has 32 heavy (non-hydrogen) atoms. The summed E-state index contributed by atoms with van der Waals surface area (Å²) < 4.78 is 5.42. The number of para-hydroxylation sites is 1. The minimum absolute atomic E-state index is 0.712. The lowest BCUT2D eigenvalue weighted by Gasteiger charge is -2.27. The van der Waals surface area contributed by atoms with E-state index < -0.39 is 0 Å². The highest BCUT2D eigenvalue weighted by atomic mass is 32.1. The Hall–Kier alpha value is -2.54. The van der Waals surface area contributed by atoms with Crippen LogP contribution in [0.3, 0.4) is 0 Å². The summed E-state index contributed by atoms with van der Waals surface area (Å²) >= 11 is 5.82. The van der Waals surface area contributed by atoms with Crippen molar-refractivity contribution >= 4 is 33.9 Å². The molecule has 0 atom stereocenters. The van der Waals surface area contributed by atoms with Crippen molar-refractivity contribution in [3.63, 3.8) is 0 Å². The third kappa shape index (κ3) is 6.48. The molecule has 0 radical (unpaired) electrons. The molecule has 5 nitrogen and oxygen atoms in total. The lowest BCUT2D eigenvalue weighted by Crippen LogP contribution is -2.40. The summed E-state index contributed by atoms with van der Waals surface area (Å²) in [7, 11) is 0. The normalized spacial score (nSPS) is 14.4. The molecule has 6 heteroatoms. The molecule has 1 N–H and O–H groups in total. The Kier molecular flexibility index (Phi) is 8.42. The number of anilines is 1. The number of rotatable bonds is 9. The predicted octanol–water partition coefficient (Wildman–Crippen LogP) is 4.62. The topological polar surface area (TPSA) is 40.6 Å². The van der Waals surface area contributed by atoms with Gasteiger partial charge in [0.25, 0.3) is 0 Å². The molecule has 168 valence electrons. The number of nitrogens with one attached hydrogen (secondary N) is 1. The van der Waals surface area contributed by atoms with Crippen LogP contribution in [0.4, 0.5) is 5.69 Å². The van der Waals surface area contributed by atoms with E-state index >= 15 is 0 Å². The standard InChI is InChI=1S/C26H32N4OS/c32-26(27-13-7-2-8-14-29-15-17-31-18-16-29)30(21-22-9-3-1-4-10-22)24-19-23-11-5-6-12-25(23)28-20-24/h1,3-6,9-12,19-20H,2,7-8,13-18,21H2,(H,27,32). The molecule has 1 aliphatic rings. The molecule has 3 aromatic rings. The van der Waals surface area contributed by atoms with Crippen LogP contribution in [0.15, 0.2) is 66.9 Å². The molecule has 1 saturated heterocycles. The number of benzene rings is 2. The summed E-state index contributed by atoms with van der Waals surface area (Å²) in [6.07, 6.45) is 5.45. The molecule has 2 heterocycles. The molecule has 2 aromatic carbocycles. The summed E-state index contributed by atoms with van der Waals surface area (Å²) in [5.74, 6) is 0. The van der Waals surface area contributed by atoms with Gasteiger partial charge in [0.1, 0.15) is 0 Å². The first-order chi connectivity index (χ1) is 15.8. The van der Waals surface area contributed by atoms with Crippen LogP contribution >= 0.6 is 12.2 Å². The van der Waals surface area contributed by atoms with E-state index in [0.717, 1.165) is 67.5 Å². The van der Waals surface area contributed by atoms with E-state index in [2.05, 4.69) is 56.5 Å². The lowest BCUT2D eigenvalue weighted by molar-refractivity contribution is 0.0371. The van der Waals surface area contributed by atoms with Crippen LogP contribution in [-0.4, -0.2) is 54.4 Å². The monoisotopic (exact) mass is 448 g/mol. The van der Waals surface area contributed by atoms with Gasteiger partial charge in [0.2, 0.25) is 0 Å². The van der Waals surface area contributed by atoms with Crippen molar-refractivity contribution < 1.29 is 4.74 Å². The van der Waals surface area contributed by atoms with Crippen molar-refractivity contribution in [1.29, 1.82) is 0 Å². The highest BCUT2D eigenvalue weighted by Crippen LogP contribution is 2.22. The van der Waals surface area contributed by atoms with Crippen LogP contribution in [0.2, 0.25) is 0 Å². The molecule has 0 saturated carbocycles. The number of hydrogen-bond acceptors (Lipinski definition) is 4. The predicted molar refractivity (Wildman–Crippen MR) is 136 cm³/mol. The van der Waals surface area contributed by atoms with Crippen molar-refractivity contribution in [3.8, 4) is 0 Å². The molecule has 0 spiro atoms. The molecule has 4 rings (SSSR count). The van der Waals surface area contributed by atoms with Gasteiger partial charge in [-0.3, -0.25) is 9.88 Å². The van der Waals surface area contributed by atoms with E-state index in [1.807, 2.05) is 30.5 Å². The molecule has 0 bridgehead atoms. The fraction of sp³-hybridized carbons (Fsp3) is 0.385. The van der Waals surface area contributed by atoms with Crippen LogP contribution in [0.1, 0.15) is 24.8 Å². The maximum Gasteiger partial charge on any atom is 0.173 e. The molecular weight excluding hydrogens is 416 g/mol. The Balaban J connectivity index is 1.34. The summed E-state index contributed by atoms with van der Waals surface area (Å²) in [5.41, 5.74) is 3.22. The van der Waals surface area contributed by atoms with Gasteiger partial charge in [-0.25, -0.2) is 0 Å². The van der Waals surface area contributed by atoms with Crippen molar-refractivity contribution in [3.05, 3.63) is 72.4 Å². The average molecular weight is 449 g/mol. The van der Waals surface area contributed by atoms with E-state index in [0.29, 0.717) is 6.54 Å². The number of aromatic nitrogens is 1. The molecule has 1 aromatic heterocycles. The number of thiocarbonyl (C=S) groups is 1. The molecule has 0 aliphatic carbocycles. The van der Waals surface area contributed by atoms with Gasteiger partial charge in [0.15, 0.2) is 5.11 Å². The van der Waals surface area contributed by atoms with Gasteiger partial charge >= 0.3 is 0 Å². The molecule has 1 aliphatic heterocycles. The van der Waals surface area contributed by atoms with Crippen LogP contribution in [-0.2, 0) is 11.3 Å². The van der Waals surface area contributed by atoms with E-state index in [1.165, 1.54) is 18.4 Å². The second-order valence-corrected chi connectivity index (χ2v) is 8.59. The summed E-state index contributed by atoms with van der Waals surface area (Å²) in [5, 5.41) is 5.35. The van der Waals surface area contributed by atoms with Gasteiger partial charge in [-0.2, -0.15) is 0 Å². The average Bonchev–Trinajstić information content (AvgIpc) is 2.85. The Labute approximate surface area is 196 Å². The number of fused-ring (bicyclic) bond motifs is 1. The number of morpholine rings is 1. The highest BCUT2D eigenvalue weighted by Gasteiger charge is 2.14. The van der Waals surface area contributed by atoms with Gasteiger partial charge in [-0.05, 0) is 49.3 Å². The van der Waals surface area contributed by atoms with Crippen molar-refractivity contribution in [2.45, 2.75) is 25.8 Å². The van der Waals surface area contributed by atoms with Crippen LogP contribution in [0.5, 0.6) is 0 Å². The number of unbranched alkanes of at least 4 members (excludes halogenated alkanes) is 2. The zero-order valence-electron chi connectivity index (χ0n) is 18.6. The third-order valence-electron chi connectivity index (χ3n) is 5.85. The second kappa shape index (κ2) is 11.9. The first-order valence-electron chi connectivity index (χ1n) is 11.5. The number of nitrogens with zero attached hydrogens (tertiary/aromatic N) is 3. The van der Waals surface area contributed by atoms with E-state index in [4.69, 9.17) is 17.0 Å². The Morgan fingerprint density at radius 3 is 2.62 bits per heavy atom. The van der Waals surface area contributed by atoms with Crippen molar-refractivity contribution in [2.75, 3.05) is 44.3 Å². The van der Waals surface area contributed by atoms with Gasteiger partial charge < -0.3 is 15.0 Å². The van der Waals surface area contributed by atoms with Crippen molar-refractivity contribution in [1.82, 2.24) is 15.2 Å².